The van der Waals surface area contributed by atoms with Crippen LogP contribution in [-0.4, -0.2) is 83.9 Å². The minimum atomic E-state index is 0.0131. The van der Waals surface area contributed by atoms with Gasteiger partial charge in [-0.05, 0) is 43.7 Å². The minimum absolute atomic E-state index is 0.0131. The summed E-state index contributed by atoms with van der Waals surface area (Å²) >= 11 is 8.04. The van der Waals surface area contributed by atoms with E-state index in [4.69, 9.17) is 21.6 Å². The van der Waals surface area contributed by atoms with Crippen LogP contribution in [0, 0.1) is 13.8 Å². The van der Waals surface area contributed by atoms with Crippen molar-refractivity contribution in [3.63, 3.8) is 0 Å². The Morgan fingerprint density at radius 1 is 0.825 bits per heavy atom. The second-order valence-electron chi connectivity index (χ2n) is 10.2. The summed E-state index contributed by atoms with van der Waals surface area (Å²) in [4.78, 5) is 42.5. The van der Waals surface area contributed by atoms with E-state index in [2.05, 4.69) is 22.8 Å². The maximum atomic E-state index is 12.9. The van der Waals surface area contributed by atoms with E-state index < -0.39 is 0 Å². The van der Waals surface area contributed by atoms with Crippen molar-refractivity contribution in [2.45, 2.75) is 31.7 Å². The first-order valence-electron chi connectivity index (χ1n) is 13.7. The number of anilines is 2. The summed E-state index contributed by atoms with van der Waals surface area (Å²) in [5, 5.41) is 1.55. The van der Waals surface area contributed by atoms with Crippen LogP contribution in [0.1, 0.15) is 34.1 Å². The molecule has 3 heterocycles. The summed E-state index contributed by atoms with van der Waals surface area (Å²) in [6, 6.07) is 15.8. The topological polar surface area (TPSA) is 72.9 Å². The van der Waals surface area contributed by atoms with Crippen LogP contribution in [0.5, 0.6) is 0 Å². The normalized spacial score (nSPS) is 15.9. The second-order valence-corrected chi connectivity index (χ2v) is 11.6. The zero-order valence-electron chi connectivity index (χ0n) is 23.3. The summed E-state index contributed by atoms with van der Waals surface area (Å²) in [6.07, 6.45) is 0. The summed E-state index contributed by atoms with van der Waals surface area (Å²) in [5.74, 6) is 1.79. The molecule has 0 N–H and O–H groups in total. The van der Waals surface area contributed by atoms with E-state index in [1.54, 1.807) is 23.6 Å². The maximum absolute atomic E-state index is 12.9. The highest BCUT2D eigenvalue weighted by molar-refractivity contribution is 7.98. The van der Waals surface area contributed by atoms with Gasteiger partial charge in [0.25, 0.3) is 5.91 Å². The van der Waals surface area contributed by atoms with Gasteiger partial charge in [0.15, 0.2) is 5.16 Å². The van der Waals surface area contributed by atoms with Crippen molar-refractivity contribution < 1.29 is 9.59 Å². The summed E-state index contributed by atoms with van der Waals surface area (Å²) in [5.41, 5.74) is 4.97. The molecule has 0 aliphatic carbocycles. The van der Waals surface area contributed by atoms with Crippen molar-refractivity contribution in [2.24, 2.45) is 0 Å². The number of hydrogen-bond acceptors (Lipinski definition) is 7. The van der Waals surface area contributed by atoms with Gasteiger partial charge in [0, 0.05) is 81.9 Å². The molecule has 210 valence electrons. The van der Waals surface area contributed by atoms with E-state index in [1.807, 2.05) is 54.3 Å². The lowest BCUT2D eigenvalue weighted by Gasteiger charge is -2.37. The van der Waals surface area contributed by atoms with Crippen LogP contribution in [0.4, 0.5) is 11.5 Å². The number of thioether (sulfide) groups is 1. The van der Waals surface area contributed by atoms with E-state index in [0.29, 0.717) is 37.5 Å². The highest BCUT2D eigenvalue weighted by Crippen LogP contribution is 2.30. The molecule has 2 fully saturated rings. The predicted molar refractivity (Wildman–Crippen MR) is 162 cm³/mol. The molecule has 2 aliphatic heterocycles. The van der Waals surface area contributed by atoms with Gasteiger partial charge in [-0.15, -0.1) is 0 Å². The highest BCUT2D eigenvalue weighted by Gasteiger charge is 2.24. The molecular weight excluding hydrogens is 544 g/mol. The number of carbonyl (C=O) groups is 2. The molecule has 2 aliphatic rings. The van der Waals surface area contributed by atoms with Gasteiger partial charge in [-0.3, -0.25) is 9.59 Å². The summed E-state index contributed by atoms with van der Waals surface area (Å²) in [7, 11) is 0. The highest BCUT2D eigenvalue weighted by atomic mass is 35.5. The minimum Gasteiger partial charge on any atom is -0.367 e. The lowest BCUT2D eigenvalue weighted by Crippen LogP contribution is -2.50. The Labute approximate surface area is 245 Å². The van der Waals surface area contributed by atoms with Crippen molar-refractivity contribution >= 4 is 46.7 Å². The van der Waals surface area contributed by atoms with E-state index in [0.717, 1.165) is 64.7 Å². The zero-order chi connectivity index (χ0) is 28.2. The Kier molecular flexibility index (Phi) is 8.81. The maximum Gasteiger partial charge on any atom is 0.253 e. The molecule has 1 aromatic heterocycles. The van der Waals surface area contributed by atoms with E-state index in [-0.39, 0.29) is 11.8 Å². The lowest BCUT2D eigenvalue weighted by atomic mass is 10.1. The number of nitrogens with zero attached hydrogens (tertiary/aromatic N) is 6. The van der Waals surface area contributed by atoms with Crippen LogP contribution in [-0.2, 0) is 10.5 Å². The predicted octanol–water partition coefficient (Wildman–Crippen LogP) is 4.67. The molecule has 0 spiro atoms. The van der Waals surface area contributed by atoms with Gasteiger partial charge in [0.05, 0.1) is 10.7 Å². The molecule has 10 heteroatoms. The molecule has 8 nitrogen and oxygen atoms in total. The van der Waals surface area contributed by atoms with Gasteiger partial charge in [0.2, 0.25) is 5.91 Å². The van der Waals surface area contributed by atoms with Crippen molar-refractivity contribution in [3.8, 4) is 0 Å². The van der Waals surface area contributed by atoms with E-state index >= 15 is 0 Å². The number of piperazine rings is 2. The summed E-state index contributed by atoms with van der Waals surface area (Å²) < 4.78 is 0. The van der Waals surface area contributed by atoms with Gasteiger partial charge in [-0.1, -0.05) is 47.6 Å². The Morgan fingerprint density at radius 2 is 1.45 bits per heavy atom. The van der Waals surface area contributed by atoms with Gasteiger partial charge < -0.3 is 19.6 Å². The number of aryl methyl sites for hydroxylation is 1. The first kappa shape index (κ1) is 28.2. The number of para-hydroxylation sites is 1. The molecule has 0 radical (unpaired) electrons. The number of carbonyl (C=O) groups excluding carboxylic acids is 2. The first-order chi connectivity index (χ1) is 19.3. The number of benzene rings is 2. The first-order valence-corrected chi connectivity index (χ1v) is 15.0. The van der Waals surface area contributed by atoms with Crippen LogP contribution >= 0.6 is 23.4 Å². The van der Waals surface area contributed by atoms with Crippen molar-refractivity contribution in [1.82, 2.24) is 19.8 Å². The smallest absolute Gasteiger partial charge is 0.253 e. The largest absolute Gasteiger partial charge is 0.367 e. The van der Waals surface area contributed by atoms with E-state index in [1.165, 1.54) is 0 Å². The lowest BCUT2D eigenvalue weighted by molar-refractivity contribution is -0.130. The van der Waals surface area contributed by atoms with Crippen LogP contribution in [0.2, 0.25) is 5.02 Å². The Hall–Kier alpha value is -3.30. The van der Waals surface area contributed by atoms with Crippen molar-refractivity contribution in [1.29, 1.82) is 0 Å². The fourth-order valence-corrected chi connectivity index (χ4v) is 6.22. The molecule has 0 unspecified atom stereocenters. The monoisotopic (exact) mass is 578 g/mol. The average molecular weight is 579 g/mol. The number of rotatable bonds is 6. The molecule has 0 bridgehead atoms. The third-order valence-electron chi connectivity index (χ3n) is 7.70. The molecule has 3 aromatic rings. The molecule has 5 rings (SSSR count). The Balaban J connectivity index is 1.18. The molecule has 40 heavy (non-hydrogen) atoms. The third kappa shape index (κ3) is 6.36. The fourth-order valence-electron chi connectivity index (χ4n) is 5.13. The van der Waals surface area contributed by atoms with Gasteiger partial charge in [0.1, 0.15) is 5.82 Å². The average Bonchev–Trinajstić information content (AvgIpc) is 2.98. The third-order valence-corrected chi connectivity index (χ3v) is 8.93. The van der Waals surface area contributed by atoms with Crippen molar-refractivity contribution in [2.75, 3.05) is 62.2 Å². The standard InChI is InChI=1S/C30H35ClN6O2S/c1-21-22(2)32-30(33-28(21)36-16-14-35(15-17-36)27-7-5-4-6-26(27)31)40-20-24-8-10-25(11-9-24)29(39)37-18-12-34(13-19-37)23(3)38/h4-11H,12-20H2,1-3H3. The molecule has 0 atom stereocenters. The van der Waals surface area contributed by atoms with Gasteiger partial charge >= 0.3 is 0 Å². The zero-order valence-corrected chi connectivity index (χ0v) is 24.8. The van der Waals surface area contributed by atoms with Crippen LogP contribution in [0.15, 0.2) is 53.7 Å². The number of aromatic nitrogens is 2. The number of amides is 2. The van der Waals surface area contributed by atoms with Crippen LogP contribution < -0.4 is 9.80 Å². The molecule has 2 aromatic carbocycles. The SMILES string of the molecule is CC(=O)N1CCN(C(=O)c2ccc(CSc3nc(C)c(C)c(N4CCN(c5ccccc5Cl)CC4)n3)cc2)CC1. The number of halogens is 1. The molecule has 0 saturated carbocycles. The molecule has 2 saturated heterocycles. The Morgan fingerprint density at radius 3 is 2.10 bits per heavy atom. The summed E-state index contributed by atoms with van der Waals surface area (Å²) in [6.45, 7) is 11.5. The van der Waals surface area contributed by atoms with Crippen LogP contribution in [0.25, 0.3) is 0 Å². The fraction of sp³-hybridized carbons (Fsp3) is 0.400. The quantitative estimate of drug-likeness (QED) is 0.311. The van der Waals surface area contributed by atoms with E-state index in [9.17, 15) is 9.59 Å². The van der Waals surface area contributed by atoms with Crippen molar-refractivity contribution in [3.05, 3.63) is 75.9 Å². The molecular formula is C30H35ClN6O2S. The molecule has 2 amide bonds. The van der Waals surface area contributed by atoms with Gasteiger partial charge in [-0.2, -0.15) is 0 Å². The van der Waals surface area contributed by atoms with Gasteiger partial charge in [-0.25, -0.2) is 9.97 Å². The number of hydrogen-bond donors (Lipinski definition) is 0. The Bertz CT molecular complexity index is 1370. The second kappa shape index (κ2) is 12.5. The van der Waals surface area contributed by atoms with Crippen LogP contribution in [0.3, 0.4) is 0 Å².